The summed E-state index contributed by atoms with van der Waals surface area (Å²) in [5.74, 6) is 0.168. The van der Waals surface area contributed by atoms with Crippen molar-refractivity contribution in [2.75, 3.05) is 0 Å². The highest BCUT2D eigenvalue weighted by molar-refractivity contribution is 5.76. The molecular formula is C16H24N2O. The molecule has 0 unspecified atom stereocenters. The molecular weight excluding hydrogens is 236 g/mol. The van der Waals surface area contributed by atoms with E-state index in [4.69, 9.17) is 5.73 Å². The van der Waals surface area contributed by atoms with Crippen molar-refractivity contribution in [1.82, 2.24) is 5.32 Å². The molecule has 0 heterocycles. The van der Waals surface area contributed by atoms with E-state index in [9.17, 15) is 4.79 Å². The van der Waals surface area contributed by atoms with Crippen LogP contribution in [0.2, 0.25) is 0 Å². The van der Waals surface area contributed by atoms with Crippen LogP contribution in [0.5, 0.6) is 0 Å². The molecule has 3 N–H and O–H groups in total. The Morgan fingerprint density at radius 1 is 1.32 bits per heavy atom. The number of hydrogen-bond donors (Lipinski definition) is 2. The summed E-state index contributed by atoms with van der Waals surface area (Å²) >= 11 is 0. The third-order valence-electron chi connectivity index (χ3n) is 3.86. The fraction of sp³-hybridized carbons (Fsp3) is 0.562. The fourth-order valence-electron chi connectivity index (χ4n) is 2.69. The average Bonchev–Trinajstić information content (AvgIpc) is 2.39. The smallest absolute Gasteiger partial charge is 0.220 e. The first-order valence-corrected chi connectivity index (χ1v) is 7.24. The molecule has 0 saturated heterocycles. The summed E-state index contributed by atoms with van der Waals surface area (Å²) in [7, 11) is 0. The van der Waals surface area contributed by atoms with Crippen LogP contribution < -0.4 is 11.1 Å². The lowest BCUT2D eigenvalue weighted by Gasteiger charge is -2.26. The number of carbonyl (C=O) groups is 1. The summed E-state index contributed by atoms with van der Waals surface area (Å²) in [5, 5.41) is 3.13. The standard InChI is InChI=1S/C16H24N2O/c1-12-3-2-4-13(11-12)5-10-16(19)18-15-8-6-14(17)7-9-15/h2-4,11,14-15H,5-10,17H2,1H3,(H,18,19). The van der Waals surface area contributed by atoms with Gasteiger partial charge in [0.05, 0.1) is 0 Å². The van der Waals surface area contributed by atoms with Crippen LogP contribution in [0.4, 0.5) is 0 Å². The molecule has 0 aromatic heterocycles. The van der Waals surface area contributed by atoms with Gasteiger partial charge in [-0.05, 0) is 44.6 Å². The van der Waals surface area contributed by atoms with Gasteiger partial charge in [-0.25, -0.2) is 0 Å². The summed E-state index contributed by atoms with van der Waals surface area (Å²) in [6, 6.07) is 9.03. The second-order valence-electron chi connectivity index (χ2n) is 5.67. The van der Waals surface area contributed by atoms with E-state index in [-0.39, 0.29) is 5.91 Å². The van der Waals surface area contributed by atoms with Gasteiger partial charge in [0.15, 0.2) is 0 Å². The van der Waals surface area contributed by atoms with Crippen LogP contribution in [0.15, 0.2) is 24.3 Å². The van der Waals surface area contributed by atoms with Gasteiger partial charge in [0.1, 0.15) is 0 Å². The van der Waals surface area contributed by atoms with Gasteiger partial charge in [-0.15, -0.1) is 0 Å². The van der Waals surface area contributed by atoms with Gasteiger partial charge >= 0.3 is 0 Å². The molecule has 0 spiro atoms. The number of aryl methyl sites for hydroxylation is 2. The number of amides is 1. The molecule has 1 aliphatic rings. The molecule has 1 fully saturated rings. The van der Waals surface area contributed by atoms with Crippen LogP contribution in [0.25, 0.3) is 0 Å². The predicted molar refractivity (Wildman–Crippen MR) is 77.9 cm³/mol. The Bertz CT molecular complexity index is 423. The van der Waals surface area contributed by atoms with E-state index in [1.54, 1.807) is 0 Å². The van der Waals surface area contributed by atoms with Crippen LogP contribution in [-0.4, -0.2) is 18.0 Å². The number of benzene rings is 1. The number of nitrogens with one attached hydrogen (secondary N) is 1. The summed E-state index contributed by atoms with van der Waals surface area (Å²) in [6.45, 7) is 2.08. The van der Waals surface area contributed by atoms with E-state index in [0.717, 1.165) is 32.1 Å². The van der Waals surface area contributed by atoms with E-state index < -0.39 is 0 Å². The van der Waals surface area contributed by atoms with Gasteiger partial charge in [0.25, 0.3) is 0 Å². The molecule has 1 aliphatic carbocycles. The van der Waals surface area contributed by atoms with Crippen LogP contribution in [0.3, 0.4) is 0 Å². The maximum absolute atomic E-state index is 11.9. The highest BCUT2D eigenvalue weighted by Crippen LogP contribution is 2.17. The number of rotatable bonds is 4. The number of nitrogens with two attached hydrogens (primary N) is 1. The van der Waals surface area contributed by atoms with E-state index in [1.165, 1.54) is 11.1 Å². The lowest BCUT2D eigenvalue weighted by Crippen LogP contribution is -2.40. The monoisotopic (exact) mass is 260 g/mol. The molecule has 104 valence electrons. The zero-order valence-corrected chi connectivity index (χ0v) is 11.7. The van der Waals surface area contributed by atoms with Gasteiger partial charge < -0.3 is 11.1 Å². The molecule has 1 aromatic carbocycles. The second kappa shape index (κ2) is 6.71. The van der Waals surface area contributed by atoms with Gasteiger partial charge in [-0.3, -0.25) is 4.79 Å². The van der Waals surface area contributed by atoms with E-state index in [0.29, 0.717) is 18.5 Å². The first-order chi connectivity index (χ1) is 9.13. The highest BCUT2D eigenvalue weighted by atomic mass is 16.1. The normalized spacial score (nSPS) is 23.1. The first kappa shape index (κ1) is 14.1. The van der Waals surface area contributed by atoms with Gasteiger partial charge in [0.2, 0.25) is 5.91 Å². The largest absolute Gasteiger partial charge is 0.353 e. The summed E-state index contributed by atoms with van der Waals surface area (Å²) < 4.78 is 0. The Morgan fingerprint density at radius 2 is 2.05 bits per heavy atom. The number of hydrogen-bond acceptors (Lipinski definition) is 2. The second-order valence-corrected chi connectivity index (χ2v) is 5.67. The third kappa shape index (κ3) is 4.67. The van der Waals surface area contributed by atoms with Crippen molar-refractivity contribution in [3.8, 4) is 0 Å². The van der Waals surface area contributed by atoms with E-state index in [2.05, 4.69) is 30.4 Å². The fourth-order valence-corrected chi connectivity index (χ4v) is 2.69. The van der Waals surface area contributed by atoms with Crippen LogP contribution in [0, 0.1) is 6.92 Å². The SMILES string of the molecule is Cc1cccc(CCC(=O)NC2CCC(N)CC2)c1. The molecule has 2 rings (SSSR count). The molecule has 0 radical (unpaired) electrons. The Labute approximate surface area is 115 Å². The molecule has 1 aromatic rings. The van der Waals surface area contributed by atoms with Crippen molar-refractivity contribution in [2.24, 2.45) is 5.73 Å². The van der Waals surface area contributed by atoms with Crippen LogP contribution in [-0.2, 0) is 11.2 Å². The van der Waals surface area contributed by atoms with Gasteiger partial charge in [-0.2, -0.15) is 0 Å². The minimum absolute atomic E-state index is 0.168. The minimum atomic E-state index is 0.168. The Morgan fingerprint density at radius 3 is 2.74 bits per heavy atom. The van der Waals surface area contributed by atoms with Crippen molar-refractivity contribution in [3.63, 3.8) is 0 Å². The number of carbonyl (C=O) groups excluding carboxylic acids is 1. The highest BCUT2D eigenvalue weighted by Gasteiger charge is 2.19. The van der Waals surface area contributed by atoms with Gasteiger partial charge in [0, 0.05) is 18.5 Å². The molecule has 19 heavy (non-hydrogen) atoms. The molecule has 3 heteroatoms. The summed E-state index contributed by atoms with van der Waals surface area (Å²) in [4.78, 5) is 11.9. The molecule has 1 amide bonds. The zero-order valence-electron chi connectivity index (χ0n) is 11.7. The molecule has 0 bridgehead atoms. The van der Waals surface area contributed by atoms with Crippen molar-refractivity contribution in [1.29, 1.82) is 0 Å². The Kier molecular flexibility index (Phi) is 4.97. The Balaban J connectivity index is 1.73. The van der Waals surface area contributed by atoms with Crippen molar-refractivity contribution in [2.45, 2.75) is 57.5 Å². The summed E-state index contributed by atoms with van der Waals surface area (Å²) in [6.07, 6.45) is 5.51. The van der Waals surface area contributed by atoms with E-state index in [1.807, 2.05) is 6.07 Å². The average molecular weight is 260 g/mol. The maximum atomic E-state index is 11.9. The van der Waals surface area contributed by atoms with Crippen LogP contribution >= 0.6 is 0 Å². The third-order valence-corrected chi connectivity index (χ3v) is 3.86. The van der Waals surface area contributed by atoms with Crippen molar-refractivity contribution < 1.29 is 4.79 Å². The summed E-state index contributed by atoms with van der Waals surface area (Å²) in [5.41, 5.74) is 8.35. The lowest BCUT2D eigenvalue weighted by molar-refractivity contribution is -0.122. The maximum Gasteiger partial charge on any atom is 0.220 e. The van der Waals surface area contributed by atoms with E-state index >= 15 is 0 Å². The Hall–Kier alpha value is -1.35. The first-order valence-electron chi connectivity index (χ1n) is 7.24. The zero-order chi connectivity index (χ0) is 13.7. The lowest BCUT2D eigenvalue weighted by atomic mass is 9.91. The molecule has 3 nitrogen and oxygen atoms in total. The topological polar surface area (TPSA) is 55.1 Å². The van der Waals surface area contributed by atoms with Crippen LogP contribution in [0.1, 0.15) is 43.2 Å². The molecule has 1 saturated carbocycles. The van der Waals surface area contributed by atoms with Crippen molar-refractivity contribution in [3.05, 3.63) is 35.4 Å². The van der Waals surface area contributed by atoms with Gasteiger partial charge in [-0.1, -0.05) is 29.8 Å². The predicted octanol–water partition coefficient (Wildman–Crippen LogP) is 2.31. The quantitative estimate of drug-likeness (QED) is 0.873. The molecule has 0 aliphatic heterocycles. The molecule has 0 atom stereocenters. The minimum Gasteiger partial charge on any atom is -0.353 e. The van der Waals surface area contributed by atoms with Crippen molar-refractivity contribution >= 4 is 5.91 Å².